The van der Waals surface area contributed by atoms with E-state index in [9.17, 15) is 18.4 Å². The highest BCUT2D eigenvalue weighted by Crippen LogP contribution is 2.31. The predicted molar refractivity (Wildman–Crippen MR) is 109 cm³/mol. The molecule has 1 fully saturated rings. The Bertz CT molecular complexity index is 1100. The van der Waals surface area contributed by atoms with Gasteiger partial charge in [-0.1, -0.05) is 31.4 Å². The smallest absolute Gasteiger partial charge is 0.368 e. The van der Waals surface area contributed by atoms with E-state index in [2.05, 4.69) is 36.2 Å². The number of fused-ring (bicyclic) bond motifs is 1. The molecule has 0 radical (unpaired) electrons. The van der Waals surface area contributed by atoms with Crippen molar-refractivity contribution in [2.75, 3.05) is 11.9 Å². The maximum Gasteiger partial charge on any atom is 0.416 e. The molecule has 1 saturated carbocycles. The van der Waals surface area contributed by atoms with Crippen LogP contribution in [0.5, 0.6) is 0 Å². The first-order chi connectivity index (χ1) is 14.3. The average Bonchev–Trinajstić information content (AvgIpc) is 2.98. The van der Waals surface area contributed by atoms with E-state index in [4.69, 9.17) is 0 Å². The number of alkyl halides is 3. The van der Waals surface area contributed by atoms with E-state index in [1.165, 1.54) is 31.4 Å². The number of nitriles is 1. The number of aromatic nitrogens is 4. The SMILES string of the molecule is N#Cc1nc(NCCC2CCC2)c2c(n1)nc(Br)n2Cc1ccc(C(F)(F)F)cc1. The van der Waals surface area contributed by atoms with Crippen LogP contribution in [-0.2, 0) is 12.7 Å². The molecule has 0 unspecified atom stereocenters. The van der Waals surface area contributed by atoms with Crippen LogP contribution in [0.15, 0.2) is 29.0 Å². The quantitative estimate of drug-likeness (QED) is 0.496. The number of nitrogens with zero attached hydrogens (tertiary/aromatic N) is 5. The molecular weight excluding hydrogens is 461 g/mol. The number of imidazole rings is 1. The molecule has 4 rings (SSSR count). The van der Waals surface area contributed by atoms with Crippen molar-refractivity contribution in [2.24, 2.45) is 5.92 Å². The predicted octanol–water partition coefficient (Wildman–Crippen LogP) is 5.13. The van der Waals surface area contributed by atoms with Crippen LogP contribution in [-0.4, -0.2) is 26.1 Å². The Morgan fingerprint density at radius 1 is 1.17 bits per heavy atom. The van der Waals surface area contributed by atoms with Crippen LogP contribution in [0.25, 0.3) is 11.2 Å². The third-order valence-corrected chi connectivity index (χ3v) is 5.95. The topological polar surface area (TPSA) is 79.4 Å². The highest BCUT2D eigenvalue weighted by atomic mass is 79.9. The molecule has 1 aromatic carbocycles. The molecule has 0 saturated heterocycles. The molecule has 156 valence electrons. The molecule has 0 aliphatic heterocycles. The number of benzene rings is 1. The third-order valence-electron chi connectivity index (χ3n) is 5.35. The van der Waals surface area contributed by atoms with Crippen molar-refractivity contribution >= 4 is 32.9 Å². The summed E-state index contributed by atoms with van der Waals surface area (Å²) >= 11 is 3.40. The average molecular weight is 479 g/mol. The number of hydrogen-bond acceptors (Lipinski definition) is 5. The minimum absolute atomic E-state index is 0.0142. The summed E-state index contributed by atoms with van der Waals surface area (Å²) in [6.07, 6.45) is 0.388. The van der Waals surface area contributed by atoms with Crippen molar-refractivity contribution in [3.63, 3.8) is 0 Å². The summed E-state index contributed by atoms with van der Waals surface area (Å²) in [6.45, 7) is 0.993. The van der Waals surface area contributed by atoms with E-state index in [1.54, 1.807) is 4.57 Å². The maximum absolute atomic E-state index is 12.8. The Kier molecular flexibility index (Phi) is 5.64. The van der Waals surface area contributed by atoms with Crippen LogP contribution < -0.4 is 5.32 Å². The second-order valence-corrected chi connectivity index (χ2v) is 8.06. The zero-order valence-electron chi connectivity index (χ0n) is 15.9. The Morgan fingerprint density at radius 3 is 2.50 bits per heavy atom. The molecule has 1 aliphatic rings. The van der Waals surface area contributed by atoms with E-state index in [0.29, 0.717) is 39.7 Å². The summed E-state index contributed by atoms with van der Waals surface area (Å²) in [4.78, 5) is 12.8. The summed E-state index contributed by atoms with van der Waals surface area (Å²) < 4.78 is 40.7. The van der Waals surface area contributed by atoms with Crippen molar-refractivity contribution in [2.45, 2.75) is 38.4 Å². The number of nitrogens with one attached hydrogen (secondary N) is 1. The van der Waals surface area contributed by atoms with E-state index >= 15 is 0 Å². The van der Waals surface area contributed by atoms with E-state index in [1.807, 2.05) is 6.07 Å². The summed E-state index contributed by atoms with van der Waals surface area (Å²) in [6, 6.07) is 6.95. The summed E-state index contributed by atoms with van der Waals surface area (Å²) in [5.74, 6) is 1.23. The first-order valence-electron chi connectivity index (χ1n) is 9.59. The number of anilines is 1. The third kappa shape index (κ3) is 4.26. The normalized spacial score (nSPS) is 14.5. The monoisotopic (exact) mass is 478 g/mol. The number of hydrogen-bond donors (Lipinski definition) is 1. The Labute approximate surface area is 179 Å². The van der Waals surface area contributed by atoms with Gasteiger partial charge in [0.1, 0.15) is 11.6 Å². The van der Waals surface area contributed by atoms with Crippen LogP contribution in [0.2, 0.25) is 0 Å². The largest absolute Gasteiger partial charge is 0.416 e. The molecule has 2 aromatic heterocycles. The second-order valence-electron chi connectivity index (χ2n) is 7.35. The van der Waals surface area contributed by atoms with Crippen molar-refractivity contribution in [3.8, 4) is 6.07 Å². The zero-order valence-corrected chi connectivity index (χ0v) is 17.5. The van der Waals surface area contributed by atoms with Gasteiger partial charge in [-0.15, -0.1) is 0 Å². The van der Waals surface area contributed by atoms with Crippen LogP contribution in [0.1, 0.15) is 42.6 Å². The van der Waals surface area contributed by atoms with Crippen molar-refractivity contribution in [1.29, 1.82) is 5.26 Å². The van der Waals surface area contributed by atoms with E-state index in [-0.39, 0.29) is 12.4 Å². The van der Waals surface area contributed by atoms with Crippen molar-refractivity contribution in [1.82, 2.24) is 19.5 Å². The minimum Gasteiger partial charge on any atom is -0.368 e. The van der Waals surface area contributed by atoms with Crippen LogP contribution in [0, 0.1) is 17.2 Å². The molecule has 2 heterocycles. The fraction of sp³-hybridized carbons (Fsp3) is 0.400. The lowest BCUT2D eigenvalue weighted by Gasteiger charge is -2.25. The van der Waals surface area contributed by atoms with Crippen molar-refractivity contribution < 1.29 is 13.2 Å². The first kappa shape index (κ1) is 20.6. The molecule has 0 bridgehead atoms. The molecule has 3 aromatic rings. The molecule has 1 N–H and O–H groups in total. The summed E-state index contributed by atoms with van der Waals surface area (Å²) in [5.41, 5.74) is 0.940. The van der Waals surface area contributed by atoms with Gasteiger partial charge in [-0.2, -0.15) is 28.4 Å². The fourth-order valence-corrected chi connectivity index (χ4v) is 3.96. The minimum atomic E-state index is -4.38. The highest BCUT2D eigenvalue weighted by Gasteiger charge is 2.30. The molecule has 0 amide bonds. The Hall–Kier alpha value is -2.67. The fourth-order valence-electron chi connectivity index (χ4n) is 3.48. The van der Waals surface area contributed by atoms with E-state index < -0.39 is 11.7 Å². The maximum atomic E-state index is 12.8. The van der Waals surface area contributed by atoms with Gasteiger partial charge in [-0.25, -0.2) is 4.98 Å². The van der Waals surface area contributed by atoms with Gasteiger partial charge >= 0.3 is 6.18 Å². The Balaban J connectivity index is 1.65. The summed E-state index contributed by atoms with van der Waals surface area (Å²) in [7, 11) is 0. The zero-order chi connectivity index (χ0) is 21.3. The standard InChI is InChI=1S/C20H18BrF3N6/c21-19-29-18-16(30(19)11-13-4-6-14(7-5-13)20(22,23)24)17(27-15(10-25)28-18)26-9-8-12-2-1-3-12/h4-7,12H,1-3,8-9,11H2,(H,26,27,28). The summed E-state index contributed by atoms with van der Waals surface area (Å²) in [5, 5.41) is 12.5. The lowest BCUT2D eigenvalue weighted by molar-refractivity contribution is -0.137. The molecule has 1 aliphatic carbocycles. The van der Waals surface area contributed by atoms with Gasteiger partial charge in [0.25, 0.3) is 0 Å². The van der Waals surface area contributed by atoms with Gasteiger partial charge in [-0.3, -0.25) is 0 Å². The molecule has 30 heavy (non-hydrogen) atoms. The van der Waals surface area contributed by atoms with Gasteiger partial charge in [-0.05, 0) is 46.0 Å². The Morgan fingerprint density at radius 2 is 1.90 bits per heavy atom. The molecular formula is C20H18BrF3N6. The van der Waals surface area contributed by atoms with Crippen LogP contribution >= 0.6 is 15.9 Å². The molecule has 6 nitrogen and oxygen atoms in total. The lowest BCUT2D eigenvalue weighted by atomic mass is 9.83. The van der Waals surface area contributed by atoms with Gasteiger partial charge < -0.3 is 9.88 Å². The van der Waals surface area contributed by atoms with Gasteiger partial charge in [0, 0.05) is 6.54 Å². The van der Waals surface area contributed by atoms with Gasteiger partial charge in [0.2, 0.25) is 5.82 Å². The van der Waals surface area contributed by atoms with Crippen LogP contribution in [0.3, 0.4) is 0 Å². The number of rotatable bonds is 6. The molecule has 0 spiro atoms. The second kappa shape index (κ2) is 8.22. The highest BCUT2D eigenvalue weighted by molar-refractivity contribution is 9.10. The molecule has 10 heteroatoms. The van der Waals surface area contributed by atoms with Gasteiger partial charge in [0.15, 0.2) is 16.2 Å². The van der Waals surface area contributed by atoms with Crippen molar-refractivity contribution in [3.05, 3.63) is 46.0 Å². The number of halogens is 4. The first-order valence-corrected chi connectivity index (χ1v) is 10.4. The lowest BCUT2D eigenvalue weighted by Crippen LogP contribution is -2.16. The van der Waals surface area contributed by atoms with Gasteiger partial charge in [0.05, 0.1) is 12.1 Å². The van der Waals surface area contributed by atoms with Crippen LogP contribution in [0.4, 0.5) is 19.0 Å². The van der Waals surface area contributed by atoms with E-state index in [0.717, 1.165) is 18.6 Å². The molecule has 0 atom stereocenters.